The van der Waals surface area contributed by atoms with E-state index in [-0.39, 0.29) is 18.8 Å². The summed E-state index contributed by atoms with van der Waals surface area (Å²) in [5, 5.41) is 9.42. The number of anilines is 1. The maximum Gasteiger partial charge on any atom is 0.407 e. The van der Waals surface area contributed by atoms with Crippen LogP contribution in [0.1, 0.15) is 5.69 Å². The van der Waals surface area contributed by atoms with Crippen LogP contribution in [0.15, 0.2) is 54.7 Å². The minimum Gasteiger partial charge on any atom is -0.465 e. The molecule has 3 aromatic heterocycles. The molecule has 0 spiro atoms. The third-order valence-corrected chi connectivity index (χ3v) is 5.96. The molecule has 0 aliphatic rings. The Morgan fingerprint density at radius 3 is 2.82 bits per heavy atom. The number of nitrogens with zero attached hydrogens (tertiary/aromatic N) is 3. The Kier molecular flexibility index (Phi) is 6.66. The summed E-state index contributed by atoms with van der Waals surface area (Å²) in [5.74, 6) is -0.0214. The number of thiophene rings is 1. The second kappa shape index (κ2) is 9.80. The Labute approximate surface area is 193 Å². The van der Waals surface area contributed by atoms with Crippen molar-refractivity contribution in [2.75, 3.05) is 26.0 Å². The Hall–Kier alpha value is -3.76. The van der Waals surface area contributed by atoms with E-state index in [2.05, 4.69) is 9.97 Å². The van der Waals surface area contributed by atoms with Crippen LogP contribution in [-0.2, 0) is 11.3 Å². The predicted octanol–water partition coefficient (Wildman–Crippen LogP) is 5.00. The van der Waals surface area contributed by atoms with Crippen molar-refractivity contribution in [3.63, 3.8) is 0 Å². The molecule has 3 N–H and O–H groups in total. The summed E-state index contributed by atoms with van der Waals surface area (Å²) < 4.78 is 25.7. The molecule has 4 aromatic rings. The van der Waals surface area contributed by atoms with Crippen molar-refractivity contribution < 1.29 is 23.8 Å². The summed E-state index contributed by atoms with van der Waals surface area (Å²) >= 11 is 1.41. The first kappa shape index (κ1) is 22.4. The van der Waals surface area contributed by atoms with E-state index >= 15 is 0 Å². The standard InChI is InChI=1S/C23H21FN4O4S/c1-31-10-9-28(23(29)30)13-15-3-2-4-17(27-15)21-12-18-22(33-21)20(7-8-26-18)32-19-6-5-14(25)11-16(19)24/h2-8,11-12H,9-10,13,25H2,1H3,(H,29,30). The molecule has 0 atom stereocenters. The van der Waals surface area contributed by atoms with Crippen molar-refractivity contribution in [1.82, 2.24) is 14.9 Å². The molecule has 0 radical (unpaired) electrons. The SMILES string of the molecule is COCCN(Cc1cccc(-c2cc3nccc(Oc4ccc(N)cc4F)c3s2)n1)C(=O)O. The van der Waals surface area contributed by atoms with Gasteiger partial charge in [0.25, 0.3) is 0 Å². The number of halogens is 1. The monoisotopic (exact) mass is 468 g/mol. The number of methoxy groups -OCH3 is 1. The fraction of sp³-hybridized carbons (Fsp3) is 0.174. The van der Waals surface area contributed by atoms with E-state index in [4.69, 9.17) is 15.2 Å². The molecule has 0 saturated heterocycles. The van der Waals surface area contributed by atoms with Crippen molar-refractivity contribution in [3.8, 4) is 22.1 Å². The van der Waals surface area contributed by atoms with Gasteiger partial charge in [-0.3, -0.25) is 9.97 Å². The molecule has 0 fully saturated rings. The minimum atomic E-state index is -1.04. The van der Waals surface area contributed by atoms with Crippen LogP contribution < -0.4 is 10.5 Å². The molecule has 0 bridgehead atoms. The largest absolute Gasteiger partial charge is 0.465 e. The molecule has 1 amide bonds. The van der Waals surface area contributed by atoms with Gasteiger partial charge in [0, 0.05) is 37.7 Å². The number of carbonyl (C=O) groups is 1. The molecule has 4 rings (SSSR count). The van der Waals surface area contributed by atoms with Gasteiger partial charge >= 0.3 is 6.09 Å². The highest BCUT2D eigenvalue weighted by Crippen LogP contribution is 2.39. The first-order valence-electron chi connectivity index (χ1n) is 9.99. The minimum absolute atomic E-state index is 0.0663. The van der Waals surface area contributed by atoms with Gasteiger partial charge in [-0.25, -0.2) is 9.18 Å². The van der Waals surface area contributed by atoms with Gasteiger partial charge in [-0.05, 0) is 30.3 Å². The molecular weight excluding hydrogens is 447 g/mol. The quantitative estimate of drug-likeness (QED) is 0.350. The lowest BCUT2D eigenvalue weighted by molar-refractivity contribution is 0.115. The smallest absolute Gasteiger partial charge is 0.407 e. The third-order valence-electron chi connectivity index (χ3n) is 4.80. The normalized spacial score (nSPS) is 11.0. The van der Waals surface area contributed by atoms with Crippen molar-refractivity contribution in [3.05, 3.63) is 66.2 Å². The van der Waals surface area contributed by atoms with E-state index < -0.39 is 11.9 Å². The number of carboxylic acid groups (broad SMARTS) is 1. The average molecular weight is 469 g/mol. The highest BCUT2D eigenvalue weighted by Gasteiger charge is 2.16. The van der Waals surface area contributed by atoms with E-state index in [0.29, 0.717) is 34.9 Å². The Morgan fingerprint density at radius 1 is 1.21 bits per heavy atom. The Balaban J connectivity index is 1.62. The summed E-state index contributed by atoms with van der Waals surface area (Å²) in [6.45, 7) is 0.679. The first-order valence-corrected chi connectivity index (χ1v) is 10.8. The Bertz CT molecular complexity index is 1300. The van der Waals surface area contributed by atoms with Gasteiger partial charge < -0.3 is 25.2 Å². The second-order valence-corrected chi connectivity index (χ2v) is 8.19. The fourth-order valence-corrected chi connectivity index (χ4v) is 4.22. The lowest BCUT2D eigenvalue weighted by atomic mass is 10.2. The van der Waals surface area contributed by atoms with Gasteiger partial charge in [-0.2, -0.15) is 0 Å². The molecular formula is C23H21FN4O4S. The Morgan fingerprint density at radius 2 is 2.06 bits per heavy atom. The number of hydrogen-bond donors (Lipinski definition) is 2. The van der Waals surface area contributed by atoms with Crippen LogP contribution >= 0.6 is 11.3 Å². The molecule has 0 aliphatic carbocycles. The molecule has 8 nitrogen and oxygen atoms in total. The van der Waals surface area contributed by atoms with Crippen LogP contribution in [0.5, 0.6) is 11.5 Å². The number of benzene rings is 1. The van der Waals surface area contributed by atoms with Gasteiger partial charge in [0.15, 0.2) is 11.6 Å². The van der Waals surface area contributed by atoms with Gasteiger partial charge in [0.1, 0.15) is 5.75 Å². The number of ether oxygens (including phenoxy) is 2. The lowest BCUT2D eigenvalue weighted by Crippen LogP contribution is -2.32. The van der Waals surface area contributed by atoms with Crippen LogP contribution in [0.3, 0.4) is 0 Å². The summed E-state index contributed by atoms with van der Waals surface area (Å²) in [4.78, 5) is 22.6. The lowest BCUT2D eigenvalue weighted by Gasteiger charge is -2.18. The van der Waals surface area contributed by atoms with E-state index in [1.807, 2.05) is 18.2 Å². The number of pyridine rings is 2. The van der Waals surface area contributed by atoms with Crippen molar-refractivity contribution in [2.45, 2.75) is 6.54 Å². The van der Waals surface area contributed by atoms with Gasteiger partial charge in [-0.15, -0.1) is 11.3 Å². The van der Waals surface area contributed by atoms with Gasteiger partial charge in [-0.1, -0.05) is 6.07 Å². The van der Waals surface area contributed by atoms with E-state index in [1.54, 1.807) is 24.4 Å². The fourth-order valence-electron chi connectivity index (χ4n) is 3.18. The molecule has 170 valence electrons. The van der Waals surface area contributed by atoms with Gasteiger partial charge in [0.2, 0.25) is 0 Å². The van der Waals surface area contributed by atoms with Crippen LogP contribution in [0, 0.1) is 5.82 Å². The summed E-state index contributed by atoms with van der Waals surface area (Å²) in [6, 6.07) is 13.2. The van der Waals surface area contributed by atoms with Crippen LogP contribution in [-0.4, -0.2) is 46.3 Å². The maximum absolute atomic E-state index is 14.2. The number of fused-ring (bicyclic) bond motifs is 1. The highest BCUT2D eigenvalue weighted by molar-refractivity contribution is 7.22. The zero-order valence-electron chi connectivity index (χ0n) is 17.7. The molecule has 0 saturated carbocycles. The van der Waals surface area contributed by atoms with Crippen molar-refractivity contribution in [2.24, 2.45) is 0 Å². The molecule has 0 aliphatic heterocycles. The number of hydrogen-bond acceptors (Lipinski definition) is 7. The second-order valence-electron chi connectivity index (χ2n) is 7.14. The third kappa shape index (κ3) is 5.18. The zero-order valence-corrected chi connectivity index (χ0v) is 18.5. The van der Waals surface area contributed by atoms with E-state index in [1.165, 1.54) is 35.5 Å². The molecule has 33 heavy (non-hydrogen) atoms. The number of nitrogen functional groups attached to an aromatic ring is 1. The zero-order chi connectivity index (χ0) is 23.4. The number of amides is 1. The van der Waals surface area contributed by atoms with E-state index in [9.17, 15) is 14.3 Å². The molecule has 0 unspecified atom stereocenters. The van der Waals surface area contributed by atoms with Crippen molar-refractivity contribution >= 4 is 33.3 Å². The van der Waals surface area contributed by atoms with Crippen LogP contribution in [0.4, 0.5) is 14.9 Å². The maximum atomic E-state index is 14.2. The predicted molar refractivity (Wildman–Crippen MR) is 124 cm³/mol. The van der Waals surface area contributed by atoms with Crippen molar-refractivity contribution in [1.29, 1.82) is 0 Å². The summed E-state index contributed by atoms with van der Waals surface area (Å²) in [5.41, 5.74) is 7.89. The number of nitrogens with two attached hydrogens (primary N) is 1. The average Bonchev–Trinajstić information content (AvgIpc) is 3.24. The molecule has 10 heteroatoms. The van der Waals surface area contributed by atoms with E-state index in [0.717, 1.165) is 9.58 Å². The molecule has 1 aromatic carbocycles. The van der Waals surface area contributed by atoms with Gasteiger partial charge in [0.05, 0.1) is 39.6 Å². The highest BCUT2D eigenvalue weighted by atomic mass is 32.1. The number of aromatic nitrogens is 2. The van der Waals surface area contributed by atoms with Crippen LogP contribution in [0.2, 0.25) is 0 Å². The molecule has 3 heterocycles. The van der Waals surface area contributed by atoms with Crippen LogP contribution in [0.25, 0.3) is 20.8 Å². The topological polar surface area (TPSA) is 111 Å². The summed E-state index contributed by atoms with van der Waals surface area (Å²) in [6.07, 6.45) is 0.551. The summed E-state index contributed by atoms with van der Waals surface area (Å²) in [7, 11) is 1.52. The first-order chi connectivity index (χ1) is 15.9. The number of rotatable bonds is 8.